The molecule has 0 aliphatic heterocycles. The van der Waals surface area contributed by atoms with Crippen LogP contribution in [0.2, 0.25) is 0 Å². The molecule has 0 aliphatic carbocycles. The molecule has 0 radical (unpaired) electrons. The van der Waals surface area contributed by atoms with E-state index in [0.717, 1.165) is 16.3 Å². The quantitative estimate of drug-likeness (QED) is 0.120. The molecule has 37 heavy (non-hydrogen) atoms. The van der Waals surface area contributed by atoms with Crippen molar-refractivity contribution in [1.29, 1.82) is 0 Å². The summed E-state index contributed by atoms with van der Waals surface area (Å²) in [4.78, 5) is 31.5. The number of aliphatic hydroxyl groups is 1. The second-order valence-corrected chi connectivity index (χ2v) is 9.38. The average molecular weight is 522 g/mol. The molecule has 1 aromatic heterocycles. The van der Waals surface area contributed by atoms with E-state index in [1.807, 2.05) is 73.7 Å². The fourth-order valence-corrected chi connectivity index (χ4v) is 5.17. The molecule has 1 heterocycles. The summed E-state index contributed by atoms with van der Waals surface area (Å²) >= 11 is 1.27. The number of hydrogen-bond acceptors (Lipinski definition) is 7. The highest BCUT2D eigenvalue weighted by molar-refractivity contribution is 8.00. The molecule has 0 aliphatic rings. The summed E-state index contributed by atoms with van der Waals surface area (Å²) in [6.45, 7) is 4.02. The number of nitrogens with one attached hydrogen (secondary N) is 1. The predicted octanol–water partition coefficient (Wildman–Crippen LogP) is 3.54. The summed E-state index contributed by atoms with van der Waals surface area (Å²) in [5, 5.41) is 14.1. The van der Waals surface area contributed by atoms with Crippen molar-refractivity contribution >= 4 is 39.3 Å². The van der Waals surface area contributed by atoms with E-state index in [0.29, 0.717) is 49.0 Å². The molecule has 2 N–H and O–H groups in total. The molecule has 1 unspecified atom stereocenters. The van der Waals surface area contributed by atoms with Crippen molar-refractivity contribution in [3.05, 3.63) is 82.6 Å². The number of aromatic nitrogens is 2. The third kappa shape index (κ3) is 6.75. The minimum atomic E-state index is -0.600. The highest BCUT2D eigenvalue weighted by Gasteiger charge is 2.25. The van der Waals surface area contributed by atoms with E-state index < -0.39 is 5.25 Å². The number of ether oxygens (including phenoxy) is 2. The van der Waals surface area contributed by atoms with E-state index in [-0.39, 0.29) is 24.7 Å². The van der Waals surface area contributed by atoms with E-state index in [1.54, 1.807) is 4.57 Å². The van der Waals surface area contributed by atoms with Crippen LogP contribution in [0.25, 0.3) is 21.7 Å². The Hall–Kier alpha value is -3.24. The minimum Gasteiger partial charge on any atom is -0.394 e. The van der Waals surface area contributed by atoms with Gasteiger partial charge in [-0.3, -0.25) is 14.2 Å². The summed E-state index contributed by atoms with van der Waals surface area (Å²) in [5.74, 6) is -0.188. The summed E-state index contributed by atoms with van der Waals surface area (Å²) in [7, 11) is 0. The molecule has 194 valence electrons. The zero-order chi connectivity index (χ0) is 26.0. The van der Waals surface area contributed by atoms with Crippen LogP contribution >= 0.6 is 11.8 Å². The van der Waals surface area contributed by atoms with Crippen molar-refractivity contribution in [2.45, 2.75) is 23.9 Å². The second-order valence-electron chi connectivity index (χ2n) is 8.31. The number of hydrogen-bond donors (Lipinski definition) is 2. The van der Waals surface area contributed by atoms with Crippen molar-refractivity contribution in [1.82, 2.24) is 14.9 Å². The normalized spacial score (nSPS) is 12.2. The molecular formula is C28H31N3O5S. The molecule has 0 saturated heterocycles. The maximum atomic E-state index is 13.4. The van der Waals surface area contributed by atoms with Crippen LogP contribution < -0.4 is 10.9 Å². The van der Waals surface area contributed by atoms with Crippen LogP contribution in [0, 0.1) is 0 Å². The molecule has 0 bridgehead atoms. The van der Waals surface area contributed by atoms with Crippen molar-refractivity contribution in [3.8, 4) is 0 Å². The smallest absolute Gasteiger partial charge is 0.262 e. The number of aliphatic hydroxyl groups excluding tert-OH is 1. The van der Waals surface area contributed by atoms with Gasteiger partial charge in [0, 0.05) is 13.1 Å². The first-order chi connectivity index (χ1) is 18.1. The number of rotatable bonds is 13. The third-order valence-electron chi connectivity index (χ3n) is 5.82. The van der Waals surface area contributed by atoms with Crippen LogP contribution in [0.1, 0.15) is 17.7 Å². The summed E-state index contributed by atoms with van der Waals surface area (Å²) in [5.41, 5.74) is 1.31. The van der Waals surface area contributed by atoms with Gasteiger partial charge in [0.1, 0.15) is 5.25 Å². The Labute approximate surface area is 219 Å². The molecule has 0 spiro atoms. The number of fused-ring (bicyclic) bond motifs is 2. The fourth-order valence-electron chi connectivity index (χ4n) is 3.99. The first kappa shape index (κ1) is 26.8. The Bertz CT molecular complexity index is 1390. The maximum absolute atomic E-state index is 13.4. The molecule has 1 amide bonds. The Morgan fingerprint density at radius 3 is 2.38 bits per heavy atom. The topological polar surface area (TPSA) is 103 Å². The molecule has 9 heteroatoms. The Morgan fingerprint density at radius 2 is 1.68 bits per heavy atom. The lowest BCUT2D eigenvalue weighted by Gasteiger charge is -2.19. The van der Waals surface area contributed by atoms with E-state index in [1.165, 1.54) is 11.8 Å². The largest absolute Gasteiger partial charge is 0.394 e. The van der Waals surface area contributed by atoms with Crippen LogP contribution in [-0.2, 0) is 20.8 Å². The zero-order valence-corrected chi connectivity index (χ0v) is 21.6. The number of carbonyl (C=O) groups is 1. The first-order valence-corrected chi connectivity index (χ1v) is 13.2. The molecule has 1 atom stereocenters. The average Bonchev–Trinajstić information content (AvgIpc) is 2.93. The molecule has 4 rings (SSSR count). The Morgan fingerprint density at radius 1 is 1.00 bits per heavy atom. The highest BCUT2D eigenvalue weighted by Crippen LogP contribution is 2.35. The number of carbonyl (C=O) groups excluding carboxylic acids is 1. The lowest BCUT2D eigenvalue weighted by atomic mass is 10.1. The maximum Gasteiger partial charge on any atom is 0.262 e. The van der Waals surface area contributed by atoms with E-state index >= 15 is 0 Å². The van der Waals surface area contributed by atoms with Crippen LogP contribution in [0.15, 0.2) is 76.7 Å². The van der Waals surface area contributed by atoms with Gasteiger partial charge in [0.15, 0.2) is 5.16 Å². The first-order valence-electron chi connectivity index (χ1n) is 12.3. The predicted molar refractivity (Wildman–Crippen MR) is 146 cm³/mol. The molecule has 0 saturated carbocycles. The van der Waals surface area contributed by atoms with Gasteiger partial charge in [0.05, 0.1) is 43.9 Å². The third-order valence-corrected chi connectivity index (χ3v) is 7.06. The Balaban J connectivity index is 1.56. The summed E-state index contributed by atoms with van der Waals surface area (Å²) < 4.78 is 12.3. The van der Waals surface area contributed by atoms with E-state index in [4.69, 9.17) is 19.6 Å². The fraction of sp³-hybridized carbons (Fsp3) is 0.321. The van der Waals surface area contributed by atoms with Crippen LogP contribution in [-0.4, -0.2) is 60.1 Å². The summed E-state index contributed by atoms with van der Waals surface area (Å²) in [6, 6.07) is 21.2. The summed E-state index contributed by atoms with van der Waals surface area (Å²) in [6.07, 6.45) is 0. The minimum absolute atomic E-state index is 0.0247. The molecule has 0 fully saturated rings. The van der Waals surface area contributed by atoms with Gasteiger partial charge in [0.2, 0.25) is 5.91 Å². The van der Waals surface area contributed by atoms with Crippen molar-refractivity contribution in [2.75, 3.05) is 39.6 Å². The van der Waals surface area contributed by atoms with Gasteiger partial charge >= 0.3 is 0 Å². The second kappa shape index (κ2) is 13.3. The number of benzene rings is 3. The molecule has 4 aromatic rings. The zero-order valence-electron chi connectivity index (χ0n) is 20.8. The number of amides is 1. The van der Waals surface area contributed by atoms with Gasteiger partial charge in [-0.1, -0.05) is 66.4 Å². The van der Waals surface area contributed by atoms with Crippen LogP contribution in [0.5, 0.6) is 0 Å². The lowest BCUT2D eigenvalue weighted by molar-refractivity contribution is -0.120. The number of thioether (sulfide) groups is 1. The van der Waals surface area contributed by atoms with Gasteiger partial charge in [-0.2, -0.15) is 0 Å². The van der Waals surface area contributed by atoms with Crippen molar-refractivity contribution < 1.29 is 19.4 Å². The van der Waals surface area contributed by atoms with Gasteiger partial charge in [0.25, 0.3) is 5.56 Å². The Kier molecular flexibility index (Phi) is 9.67. The number of nitrogens with zero attached hydrogens (tertiary/aromatic N) is 2. The highest BCUT2D eigenvalue weighted by atomic mass is 32.2. The van der Waals surface area contributed by atoms with Gasteiger partial charge in [-0.05, 0) is 35.4 Å². The van der Waals surface area contributed by atoms with Crippen LogP contribution in [0.4, 0.5) is 0 Å². The van der Waals surface area contributed by atoms with Gasteiger partial charge in [-0.15, -0.1) is 0 Å². The van der Waals surface area contributed by atoms with Crippen molar-refractivity contribution in [3.63, 3.8) is 0 Å². The lowest BCUT2D eigenvalue weighted by Crippen LogP contribution is -2.32. The van der Waals surface area contributed by atoms with E-state index in [2.05, 4.69) is 5.32 Å². The SMILES string of the molecule is CCn1c(SC(C(=O)NCCOCCOCCO)c2ccccc2)nc2cc3ccccc3cc2c1=O. The van der Waals surface area contributed by atoms with Gasteiger partial charge in [-0.25, -0.2) is 4.98 Å². The molecule has 3 aromatic carbocycles. The van der Waals surface area contributed by atoms with Crippen LogP contribution in [0.3, 0.4) is 0 Å². The van der Waals surface area contributed by atoms with Crippen molar-refractivity contribution in [2.24, 2.45) is 0 Å². The molecular weight excluding hydrogens is 490 g/mol. The monoisotopic (exact) mass is 521 g/mol. The molecule has 8 nitrogen and oxygen atoms in total. The van der Waals surface area contributed by atoms with E-state index in [9.17, 15) is 9.59 Å². The van der Waals surface area contributed by atoms with Gasteiger partial charge < -0.3 is 19.9 Å². The standard InChI is InChI=1S/C28H31N3O5S/c1-2-31-27(34)23-18-21-10-6-7-11-22(21)19-24(23)30-28(31)37-25(20-8-4-3-5-9-20)26(33)29-12-14-35-16-17-36-15-13-32/h3-11,18-19,25,32H,2,12-17H2,1H3,(H,29,33).